The van der Waals surface area contributed by atoms with Crippen molar-refractivity contribution in [2.75, 3.05) is 30.0 Å². The molecule has 0 amide bonds. The van der Waals surface area contributed by atoms with E-state index in [4.69, 9.17) is 10.6 Å². The van der Waals surface area contributed by atoms with Crippen LogP contribution in [-0.4, -0.2) is 47.0 Å². The Labute approximate surface area is 113 Å². The van der Waals surface area contributed by atoms with Gasteiger partial charge in [-0.1, -0.05) is 0 Å². The molecule has 0 aromatic carbocycles. The number of nitrogen functional groups attached to an aromatic ring is 1. The summed E-state index contributed by atoms with van der Waals surface area (Å²) in [6.07, 6.45) is 1.28. The molecule has 2 unspecified atom stereocenters. The fraction of sp³-hybridized carbons (Fsp3) is 0.600. The van der Waals surface area contributed by atoms with Gasteiger partial charge in [0.2, 0.25) is 0 Å². The van der Waals surface area contributed by atoms with E-state index in [-0.39, 0.29) is 18.8 Å². The first-order valence-corrected chi connectivity index (χ1v) is 6.43. The van der Waals surface area contributed by atoms with E-state index >= 15 is 0 Å². The van der Waals surface area contributed by atoms with Crippen molar-refractivity contribution >= 4 is 27.6 Å². The lowest BCUT2D eigenvalue weighted by Gasteiger charge is -2.37. The van der Waals surface area contributed by atoms with Gasteiger partial charge in [0.1, 0.15) is 16.6 Å². The van der Waals surface area contributed by atoms with Crippen LogP contribution in [0.3, 0.4) is 0 Å². The molecule has 0 aliphatic carbocycles. The lowest BCUT2D eigenvalue weighted by molar-refractivity contribution is -0.0423. The lowest BCUT2D eigenvalue weighted by atomic mass is 10.2. The minimum Gasteiger partial charge on any atom is -0.394 e. The van der Waals surface area contributed by atoms with Gasteiger partial charge in [-0.3, -0.25) is 0 Å². The van der Waals surface area contributed by atoms with E-state index in [1.54, 1.807) is 0 Å². The van der Waals surface area contributed by atoms with Crippen molar-refractivity contribution in [1.82, 2.24) is 9.97 Å². The second-order valence-corrected chi connectivity index (χ2v) is 4.95. The fourth-order valence-electron chi connectivity index (χ4n) is 2.00. The molecule has 0 bridgehead atoms. The average Bonchev–Trinajstić information content (AvgIpc) is 2.38. The van der Waals surface area contributed by atoms with Crippen LogP contribution in [0.4, 0.5) is 11.6 Å². The number of nitrogens with one attached hydrogen (secondary N) is 1. The maximum Gasteiger partial charge on any atom is 0.159 e. The van der Waals surface area contributed by atoms with Crippen LogP contribution in [0.5, 0.6) is 0 Å². The molecule has 18 heavy (non-hydrogen) atoms. The van der Waals surface area contributed by atoms with Crippen molar-refractivity contribution in [3.05, 3.63) is 10.8 Å². The third kappa shape index (κ3) is 2.72. The van der Waals surface area contributed by atoms with Crippen LogP contribution in [0.1, 0.15) is 6.92 Å². The van der Waals surface area contributed by atoms with Crippen molar-refractivity contribution in [3.8, 4) is 0 Å². The summed E-state index contributed by atoms with van der Waals surface area (Å²) in [5, 5.41) is 9.22. The Balaban J connectivity index is 2.25. The zero-order valence-electron chi connectivity index (χ0n) is 10.0. The van der Waals surface area contributed by atoms with Crippen LogP contribution in [0, 0.1) is 0 Å². The molecule has 1 aliphatic rings. The van der Waals surface area contributed by atoms with Crippen molar-refractivity contribution in [2.24, 2.45) is 5.84 Å². The number of nitrogens with zero attached hydrogens (tertiary/aromatic N) is 3. The van der Waals surface area contributed by atoms with E-state index in [0.29, 0.717) is 23.4 Å². The molecule has 1 aliphatic heterocycles. The molecule has 1 fully saturated rings. The Kier molecular flexibility index (Phi) is 4.33. The Morgan fingerprint density at radius 1 is 1.61 bits per heavy atom. The van der Waals surface area contributed by atoms with Crippen molar-refractivity contribution in [1.29, 1.82) is 0 Å². The molecule has 1 saturated heterocycles. The Morgan fingerprint density at radius 3 is 3.06 bits per heavy atom. The highest BCUT2D eigenvalue weighted by atomic mass is 79.9. The number of anilines is 2. The van der Waals surface area contributed by atoms with E-state index < -0.39 is 0 Å². The summed E-state index contributed by atoms with van der Waals surface area (Å²) in [6, 6.07) is 0. The minimum atomic E-state index is -0.204. The zero-order chi connectivity index (χ0) is 13.1. The number of hydrazine groups is 1. The molecular formula is C10H16BrN5O2. The van der Waals surface area contributed by atoms with Gasteiger partial charge < -0.3 is 20.2 Å². The second-order valence-electron chi connectivity index (χ2n) is 4.16. The third-order valence-electron chi connectivity index (χ3n) is 2.74. The molecule has 1 aromatic rings. The van der Waals surface area contributed by atoms with Crippen LogP contribution in [0.2, 0.25) is 0 Å². The maximum absolute atomic E-state index is 9.22. The average molecular weight is 318 g/mol. The van der Waals surface area contributed by atoms with E-state index in [1.807, 2.05) is 11.8 Å². The predicted molar refractivity (Wildman–Crippen MR) is 71.2 cm³/mol. The first kappa shape index (κ1) is 13.5. The van der Waals surface area contributed by atoms with Gasteiger partial charge in [-0.15, -0.1) is 0 Å². The van der Waals surface area contributed by atoms with Gasteiger partial charge in [0, 0.05) is 13.1 Å². The number of aromatic nitrogens is 2. The summed E-state index contributed by atoms with van der Waals surface area (Å²) in [7, 11) is 0. The molecule has 4 N–H and O–H groups in total. The number of rotatable bonds is 3. The molecule has 0 radical (unpaired) electrons. The van der Waals surface area contributed by atoms with Crippen LogP contribution in [-0.2, 0) is 4.74 Å². The standard InChI is InChI=1S/C10H16BrN5O2/c1-6-2-16(3-7(4-17)18-6)10-8(11)9(15-12)13-5-14-10/h5-7,17H,2-4,12H2,1H3,(H,13,14,15). The fourth-order valence-corrected chi connectivity index (χ4v) is 2.57. The first-order chi connectivity index (χ1) is 8.65. The number of aliphatic hydroxyl groups excluding tert-OH is 1. The van der Waals surface area contributed by atoms with Gasteiger partial charge >= 0.3 is 0 Å². The topological polar surface area (TPSA) is 96.5 Å². The van der Waals surface area contributed by atoms with Gasteiger partial charge in [-0.2, -0.15) is 0 Å². The van der Waals surface area contributed by atoms with Gasteiger partial charge in [-0.05, 0) is 22.9 Å². The largest absolute Gasteiger partial charge is 0.394 e. The Bertz CT molecular complexity index is 419. The van der Waals surface area contributed by atoms with Crippen LogP contribution < -0.4 is 16.2 Å². The van der Waals surface area contributed by atoms with Crippen LogP contribution in [0.15, 0.2) is 10.8 Å². The van der Waals surface area contributed by atoms with Crippen LogP contribution >= 0.6 is 15.9 Å². The highest BCUT2D eigenvalue weighted by molar-refractivity contribution is 9.10. The predicted octanol–water partition coefficient (Wildman–Crippen LogP) is 0.111. The van der Waals surface area contributed by atoms with Crippen molar-refractivity contribution in [3.63, 3.8) is 0 Å². The molecule has 2 atom stereocenters. The molecule has 2 rings (SSSR count). The number of hydrogen-bond donors (Lipinski definition) is 3. The lowest BCUT2D eigenvalue weighted by Crippen LogP contribution is -2.48. The Hall–Kier alpha value is -0.960. The number of hydrogen-bond acceptors (Lipinski definition) is 7. The van der Waals surface area contributed by atoms with Crippen molar-refractivity contribution < 1.29 is 9.84 Å². The molecule has 8 heteroatoms. The zero-order valence-corrected chi connectivity index (χ0v) is 11.6. The first-order valence-electron chi connectivity index (χ1n) is 5.64. The molecule has 100 valence electrons. The monoisotopic (exact) mass is 317 g/mol. The highest BCUT2D eigenvalue weighted by Crippen LogP contribution is 2.30. The van der Waals surface area contributed by atoms with Gasteiger partial charge in [0.25, 0.3) is 0 Å². The summed E-state index contributed by atoms with van der Waals surface area (Å²) in [5.41, 5.74) is 2.51. The number of aliphatic hydroxyl groups is 1. The molecule has 1 aromatic heterocycles. The second kappa shape index (κ2) is 5.79. The summed E-state index contributed by atoms with van der Waals surface area (Å²) in [4.78, 5) is 10.3. The normalized spacial score (nSPS) is 24.1. The highest BCUT2D eigenvalue weighted by Gasteiger charge is 2.27. The smallest absolute Gasteiger partial charge is 0.159 e. The van der Waals surface area contributed by atoms with Gasteiger partial charge in [0.15, 0.2) is 5.82 Å². The van der Waals surface area contributed by atoms with E-state index in [0.717, 1.165) is 5.82 Å². The summed E-state index contributed by atoms with van der Waals surface area (Å²) in [6.45, 7) is 3.24. The molecule has 0 spiro atoms. The quantitative estimate of drug-likeness (QED) is 0.538. The molecule has 7 nitrogen and oxygen atoms in total. The molecular weight excluding hydrogens is 302 g/mol. The minimum absolute atomic E-state index is 0.00839. The van der Waals surface area contributed by atoms with Crippen LogP contribution in [0.25, 0.3) is 0 Å². The third-order valence-corrected chi connectivity index (χ3v) is 3.47. The van der Waals surface area contributed by atoms with E-state index in [1.165, 1.54) is 6.33 Å². The molecule has 2 heterocycles. The van der Waals surface area contributed by atoms with E-state index in [2.05, 4.69) is 31.3 Å². The number of nitrogens with two attached hydrogens (primary N) is 1. The maximum atomic E-state index is 9.22. The SMILES string of the molecule is CC1CN(c2ncnc(NN)c2Br)CC(CO)O1. The number of ether oxygens (including phenoxy) is 1. The van der Waals surface area contributed by atoms with Gasteiger partial charge in [-0.25, -0.2) is 15.8 Å². The Morgan fingerprint density at radius 2 is 2.39 bits per heavy atom. The van der Waals surface area contributed by atoms with E-state index in [9.17, 15) is 5.11 Å². The van der Waals surface area contributed by atoms with Crippen molar-refractivity contribution in [2.45, 2.75) is 19.1 Å². The number of morpholine rings is 1. The summed E-state index contributed by atoms with van der Waals surface area (Å²) >= 11 is 3.43. The molecule has 0 saturated carbocycles. The summed E-state index contributed by atoms with van der Waals surface area (Å²) in [5.74, 6) is 6.65. The van der Waals surface area contributed by atoms with Gasteiger partial charge in [0.05, 0.1) is 18.8 Å². The summed E-state index contributed by atoms with van der Waals surface area (Å²) < 4.78 is 6.30. The number of halogens is 1.